The minimum absolute atomic E-state index is 0.0595. The Labute approximate surface area is 212 Å². The van der Waals surface area contributed by atoms with E-state index in [0.717, 1.165) is 12.1 Å². The average Bonchev–Trinajstić information content (AvgIpc) is 2.88. The molecule has 188 valence electrons. The lowest BCUT2D eigenvalue weighted by Crippen LogP contribution is -2.14. The van der Waals surface area contributed by atoms with Gasteiger partial charge in [-0.25, -0.2) is 22.2 Å². The molecule has 0 unspecified atom stereocenters. The zero-order valence-electron chi connectivity index (χ0n) is 20.0. The highest BCUT2D eigenvalue weighted by Gasteiger charge is 2.22. The van der Waals surface area contributed by atoms with Crippen LogP contribution in [0.5, 0.6) is 0 Å². The quantitative estimate of drug-likeness (QED) is 0.317. The first-order valence-corrected chi connectivity index (χ1v) is 13.0. The number of sulfone groups is 1. The molecule has 0 atom stereocenters. The number of halogens is 2. The highest BCUT2D eigenvalue weighted by atomic mass is 32.2. The second-order valence-corrected chi connectivity index (χ2v) is 10.5. The van der Waals surface area contributed by atoms with Crippen molar-refractivity contribution in [1.29, 1.82) is 0 Å². The normalized spacial score (nSPS) is 11.2. The highest BCUT2D eigenvalue weighted by molar-refractivity contribution is 7.91. The van der Waals surface area contributed by atoms with Crippen molar-refractivity contribution in [3.8, 4) is 22.3 Å². The molecule has 1 amide bonds. The first-order chi connectivity index (χ1) is 17.6. The topological polar surface area (TPSA) is 93.2 Å². The summed E-state index contributed by atoms with van der Waals surface area (Å²) in [7, 11) is -3.43. The summed E-state index contributed by atoms with van der Waals surface area (Å²) in [4.78, 5) is 30.1. The van der Waals surface area contributed by atoms with Gasteiger partial charge in [-0.2, -0.15) is 0 Å². The maximum Gasteiger partial charge on any atom is 0.222 e. The molecule has 1 heterocycles. The monoisotopic (exact) mass is 520 g/mol. The molecule has 0 saturated heterocycles. The fraction of sp³-hybridized carbons (Fsp3) is 0.107. The summed E-state index contributed by atoms with van der Waals surface area (Å²) in [5, 5.41) is 2.62. The van der Waals surface area contributed by atoms with Crippen molar-refractivity contribution in [3.63, 3.8) is 0 Å². The van der Waals surface area contributed by atoms with E-state index < -0.39 is 33.2 Å². The van der Waals surface area contributed by atoms with Crippen molar-refractivity contribution in [1.82, 2.24) is 4.98 Å². The zero-order chi connectivity index (χ0) is 26.7. The summed E-state index contributed by atoms with van der Waals surface area (Å²) in [6.45, 7) is 2.83. The predicted molar refractivity (Wildman–Crippen MR) is 137 cm³/mol. The van der Waals surface area contributed by atoms with Gasteiger partial charge < -0.3 is 5.32 Å². The van der Waals surface area contributed by atoms with Crippen LogP contribution in [0, 0.1) is 11.6 Å². The van der Waals surface area contributed by atoms with Crippen LogP contribution in [0.2, 0.25) is 0 Å². The molecule has 0 bridgehead atoms. The molecule has 4 aromatic rings. The molecule has 9 heteroatoms. The molecule has 0 fully saturated rings. The van der Waals surface area contributed by atoms with E-state index in [9.17, 15) is 26.8 Å². The van der Waals surface area contributed by atoms with Gasteiger partial charge in [0.1, 0.15) is 23.1 Å². The fourth-order valence-electron chi connectivity index (χ4n) is 3.79. The number of carbonyl (C=O) groups is 2. The summed E-state index contributed by atoms with van der Waals surface area (Å²) in [5.41, 5.74) is 1.63. The van der Waals surface area contributed by atoms with Crippen molar-refractivity contribution in [2.75, 3.05) is 11.1 Å². The van der Waals surface area contributed by atoms with E-state index in [1.54, 1.807) is 31.2 Å². The molecule has 4 rings (SSSR count). The third-order valence-electron chi connectivity index (χ3n) is 5.68. The molecule has 6 nitrogen and oxygen atoms in total. The number of carbonyl (C=O) groups excluding carboxylic acids is 2. The van der Waals surface area contributed by atoms with Crippen LogP contribution in [0.25, 0.3) is 22.3 Å². The fourth-order valence-corrected chi connectivity index (χ4v) is 4.68. The number of rotatable bonds is 7. The average molecular weight is 521 g/mol. The number of benzene rings is 3. The molecule has 0 radical (unpaired) electrons. The Morgan fingerprint density at radius 2 is 1.51 bits per heavy atom. The maximum atomic E-state index is 14.2. The molecule has 3 aromatic carbocycles. The Bertz CT molecular complexity index is 1600. The van der Waals surface area contributed by atoms with E-state index in [-0.39, 0.29) is 33.3 Å². The minimum atomic E-state index is -3.43. The molecular weight excluding hydrogens is 498 g/mol. The van der Waals surface area contributed by atoms with Gasteiger partial charge in [-0.05, 0) is 65.7 Å². The molecule has 1 aromatic heterocycles. The van der Waals surface area contributed by atoms with Crippen LogP contribution in [0.1, 0.15) is 29.9 Å². The van der Waals surface area contributed by atoms with Crippen LogP contribution in [-0.2, 0) is 14.6 Å². The van der Waals surface area contributed by atoms with Gasteiger partial charge >= 0.3 is 0 Å². The third-order valence-corrected chi connectivity index (χ3v) is 7.43. The van der Waals surface area contributed by atoms with E-state index in [2.05, 4.69) is 10.3 Å². The Morgan fingerprint density at radius 3 is 2.11 bits per heavy atom. The van der Waals surface area contributed by atoms with E-state index in [0.29, 0.717) is 16.7 Å². The lowest BCUT2D eigenvalue weighted by molar-refractivity contribution is -0.114. The van der Waals surface area contributed by atoms with Crippen molar-refractivity contribution in [2.24, 2.45) is 0 Å². The molecular formula is C28H22F2N2O4S. The molecule has 0 spiro atoms. The Hall–Kier alpha value is -4.24. The van der Waals surface area contributed by atoms with Gasteiger partial charge in [0.2, 0.25) is 11.7 Å². The number of pyridine rings is 1. The number of nitrogens with zero attached hydrogens (tertiary/aromatic N) is 1. The molecule has 0 aliphatic carbocycles. The van der Waals surface area contributed by atoms with Crippen LogP contribution >= 0.6 is 0 Å². The second kappa shape index (κ2) is 10.4. The second-order valence-electron chi connectivity index (χ2n) is 8.24. The van der Waals surface area contributed by atoms with Gasteiger partial charge in [-0.15, -0.1) is 0 Å². The summed E-state index contributed by atoms with van der Waals surface area (Å²) < 4.78 is 52.1. The lowest BCUT2D eigenvalue weighted by atomic mass is 9.94. The number of ketones is 1. The Kier molecular flexibility index (Phi) is 7.26. The predicted octanol–water partition coefficient (Wildman–Crippen LogP) is 5.68. The van der Waals surface area contributed by atoms with E-state index >= 15 is 0 Å². The Morgan fingerprint density at radius 1 is 0.838 bits per heavy atom. The van der Waals surface area contributed by atoms with Gasteiger partial charge in [0, 0.05) is 23.6 Å². The first kappa shape index (κ1) is 25.8. The SMILES string of the molecule is CCS(=O)(=O)c1ccc(-c2cc(-c3cccc(F)c3)c(C(=O)c3ccc(F)cc3)nc2NC(C)=O)cc1. The molecule has 1 N–H and O–H groups in total. The van der Waals surface area contributed by atoms with E-state index in [1.807, 2.05) is 0 Å². The largest absolute Gasteiger partial charge is 0.310 e. The lowest BCUT2D eigenvalue weighted by Gasteiger charge is -2.16. The summed E-state index contributed by atoms with van der Waals surface area (Å²) in [6, 6.07) is 18.2. The van der Waals surface area contributed by atoms with Crippen molar-refractivity contribution in [3.05, 3.63) is 102 Å². The number of hydrogen-bond donors (Lipinski definition) is 1. The summed E-state index contributed by atoms with van der Waals surface area (Å²) in [6.07, 6.45) is 0. The molecule has 0 aliphatic heterocycles. The van der Waals surface area contributed by atoms with Crippen LogP contribution in [0.15, 0.2) is 83.8 Å². The van der Waals surface area contributed by atoms with Gasteiger partial charge in [0.15, 0.2) is 9.84 Å². The summed E-state index contributed by atoms with van der Waals surface area (Å²) in [5.74, 6) is -2.05. The number of nitrogens with one attached hydrogen (secondary N) is 1. The number of aromatic nitrogens is 1. The van der Waals surface area contributed by atoms with Crippen LogP contribution in [0.3, 0.4) is 0 Å². The number of hydrogen-bond acceptors (Lipinski definition) is 5. The number of anilines is 1. The highest BCUT2D eigenvalue weighted by Crippen LogP contribution is 2.35. The van der Waals surface area contributed by atoms with Crippen LogP contribution in [0.4, 0.5) is 14.6 Å². The van der Waals surface area contributed by atoms with Gasteiger partial charge in [0.25, 0.3) is 0 Å². The van der Waals surface area contributed by atoms with Crippen molar-refractivity contribution in [2.45, 2.75) is 18.7 Å². The molecule has 0 aliphatic rings. The van der Waals surface area contributed by atoms with Crippen molar-refractivity contribution >= 4 is 27.3 Å². The molecule has 0 saturated carbocycles. The molecule has 37 heavy (non-hydrogen) atoms. The summed E-state index contributed by atoms with van der Waals surface area (Å²) >= 11 is 0. The van der Waals surface area contributed by atoms with E-state index in [4.69, 9.17) is 0 Å². The van der Waals surface area contributed by atoms with Gasteiger partial charge in [-0.1, -0.05) is 31.2 Å². The van der Waals surface area contributed by atoms with Gasteiger partial charge in [0.05, 0.1) is 10.6 Å². The van der Waals surface area contributed by atoms with Crippen LogP contribution in [-0.4, -0.2) is 30.8 Å². The maximum absolute atomic E-state index is 14.2. The van der Waals surface area contributed by atoms with E-state index in [1.165, 1.54) is 49.4 Å². The zero-order valence-corrected chi connectivity index (χ0v) is 20.8. The standard InChI is InChI=1S/C28H22F2N2O4S/c1-3-37(35,36)23-13-9-18(10-14-23)25-16-24(20-5-4-6-22(30)15-20)26(32-28(25)31-17(2)33)27(34)19-7-11-21(29)12-8-19/h4-16H,3H2,1-2H3,(H,31,32,33). The third kappa shape index (κ3) is 5.62. The van der Waals surface area contributed by atoms with Gasteiger partial charge in [-0.3, -0.25) is 9.59 Å². The number of amides is 1. The smallest absolute Gasteiger partial charge is 0.222 e. The van der Waals surface area contributed by atoms with Crippen molar-refractivity contribution < 1.29 is 26.8 Å². The van der Waals surface area contributed by atoms with Crippen LogP contribution < -0.4 is 5.32 Å². The minimum Gasteiger partial charge on any atom is -0.310 e. The Balaban J connectivity index is 1.96. The first-order valence-electron chi connectivity index (χ1n) is 11.3.